The molecule has 1 N–H and O–H groups in total. The molecule has 2 aliphatic rings. The number of aromatic nitrogens is 4. The average Bonchev–Trinajstić information content (AvgIpc) is 3.38. The molecule has 242 valence electrons. The molecule has 9 nitrogen and oxygen atoms in total. The number of aryl methyl sites for hydroxylation is 1. The average molecular weight is 639 g/mol. The topological polar surface area (TPSA) is 94.4 Å². The Labute approximate surface area is 271 Å². The standard InChI is InChI=1S/C36H36F2N6O3/c1-23-5-6-25(29(38)17-23)22-47-35-4-2-3-30(42-35)24-11-14-43(15-12-24)21-34-41-32-18-27(40-36(45)31-9-7-26(37)19-39-31)8-10-33(32)44(34)20-28-13-16-46-28/h2-10,17-19,24,28H,11-16,20-22H2,1H3,(H,40,45). The van der Waals surface area contributed by atoms with E-state index in [0.29, 0.717) is 29.6 Å². The van der Waals surface area contributed by atoms with Crippen LogP contribution in [0.4, 0.5) is 14.5 Å². The maximum Gasteiger partial charge on any atom is 0.274 e. The highest BCUT2D eigenvalue weighted by Gasteiger charge is 2.26. The van der Waals surface area contributed by atoms with E-state index in [9.17, 15) is 13.6 Å². The minimum atomic E-state index is -0.496. The summed E-state index contributed by atoms with van der Waals surface area (Å²) < 4.78 is 41.4. The number of imidazole rings is 1. The van der Waals surface area contributed by atoms with Crippen molar-refractivity contribution in [1.29, 1.82) is 0 Å². The Balaban J connectivity index is 1.01. The largest absolute Gasteiger partial charge is 0.473 e. The molecule has 0 radical (unpaired) electrons. The quantitative estimate of drug-likeness (QED) is 0.189. The number of carbonyl (C=O) groups excluding carboxylic acids is 1. The number of nitrogens with one attached hydrogen (secondary N) is 1. The fourth-order valence-electron chi connectivity index (χ4n) is 6.17. The molecule has 3 aromatic heterocycles. The van der Waals surface area contributed by atoms with Gasteiger partial charge in [0.05, 0.1) is 36.4 Å². The maximum atomic E-state index is 14.3. The number of hydrogen-bond acceptors (Lipinski definition) is 7. The Morgan fingerprint density at radius 3 is 2.62 bits per heavy atom. The third-order valence-corrected chi connectivity index (χ3v) is 8.92. The second-order valence-electron chi connectivity index (χ2n) is 12.3. The van der Waals surface area contributed by atoms with Crippen LogP contribution in [-0.4, -0.2) is 56.1 Å². The summed E-state index contributed by atoms with van der Waals surface area (Å²) in [6.07, 6.45) is 4.09. The van der Waals surface area contributed by atoms with Crippen LogP contribution in [0.2, 0.25) is 0 Å². The van der Waals surface area contributed by atoms with E-state index in [1.807, 2.05) is 49.4 Å². The van der Waals surface area contributed by atoms with Crippen LogP contribution in [0, 0.1) is 18.6 Å². The minimum absolute atomic E-state index is 0.132. The molecule has 2 saturated heterocycles. The molecule has 2 fully saturated rings. The van der Waals surface area contributed by atoms with Crippen LogP contribution in [0.15, 0.2) is 72.9 Å². The molecule has 47 heavy (non-hydrogen) atoms. The molecule has 5 heterocycles. The van der Waals surface area contributed by atoms with Crippen molar-refractivity contribution in [3.8, 4) is 5.88 Å². The van der Waals surface area contributed by atoms with Gasteiger partial charge in [-0.3, -0.25) is 9.69 Å². The first-order chi connectivity index (χ1) is 22.9. The third kappa shape index (κ3) is 7.16. The minimum Gasteiger partial charge on any atom is -0.473 e. The van der Waals surface area contributed by atoms with Crippen molar-refractivity contribution in [3.63, 3.8) is 0 Å². The first-order valence-electron chi connectivity index (χ1n) is 16.0. The van der Waals surface area contributed by atoms with Gasteiger partial charge in [0.25, 0.3) is 5.91 Å². The number of fused-ring (bicyclic) bond motifs is 1. The van der Waals surface area contributed by atoms with Gasteiger partial charge in [-0.05, 0) is 87.3 Å². The normalized spacial score (nSPS) is 17.0. The second-order valence-corrected chi connectivity index (χ2v) is 12.3. The summed E-state index contributed by atoms with van der Waals surface area (Å²) in [5.74, 6) is 0.575. The van der Waals surface area contributed by atoms with Crippen molar-refractivity contribution in [2.24, 2.45) is 0 Å². The fraction of sp³-hybridized carbons (Fsp3) is 0.333. The molecule has 11 heteroatoms. The van der Waals surface area contributed by atoms with Gasteiger partial charge in [-0.1, -0.05) is 18.2 Å². The molecular weight excluding hydrogens is 602 g/mol. The number of nitrogens with zero attached hydrogens (tertiary/aromatic N) is 5. The second kappa shape index (κ2) is 13.5. The van der Waals surface area contributed by atoms with Crippen LogP contribution in [0.1, 0.15) is 58.3 Å². The number of hydrogen-bond donors (Lipinski definition) is 1. The lowest BCUT2D eigenvalue weighted by Crippen LogP contribution is -2.35. The van der Waals surface area contributed by atoms with Crippen LogP contribution in [-0.2, 0) is 24.4 Å². The van der Waals surface area contributed by atoms with Crippen LogP contribution in [0.5, 0.6) is 5.88 Å². The number of amides is 1. The van der Waals surface area contributed by atoms with Crippen molar-refractivity contribution in [2.75, 3.05) is 25.0 Å². The number of halogens is 2. The Kier molecular flexibility index (Phi) is 8.90. The van der Waals surface area contributed by atoms with E-state index < -0.39 is 11.7 Å². The molecule has 1 amide bonds. The number of piperidine rings is 1. The van der Waals surface area contributed by atoms with Gasteiger partial charge in [-0.25, -0.2) is 23.7 Å². The van der Waals surface area contributed by atoms with Crippen LogP contribution in [0.25, 0.3) is 11.0 Å². The third-order valence-electron chi connectivity index (χ3n) is 8.92. The lowest BCUT2D eigenvalue weighted by Gasteiger charge is -2.32. The van der Waals surface area contributed by atoms with Crippen molar-refractivity contribution >= 4 is 22.6 Å². The summed E-state index contributed by atoms with van der Waals surface area (Å²) in [7, 11) is 0. The summed E-state index contributed by atoms with van der Waals surface area (Å²) in [5, 5.41) is 2.85. The summed E-state index contributed by atoms with van der Waals surface area (Å²) in [6.45, 7) is 5.96. The first kappa shape index (κ1) is 30.9. The zero-order valence-corrected chi connectivity index (χ0v) is 26.2. The van der Waals surface area contributed by atoms with E-state index in [1.165, 1.54) is 18.2 Å². The zero-order valence-electron chi connectivity index (χ0n) is 26.2. The molecule has 7 rings (SSSR count). The molecule has 0 spiro atoms. The predicted molar refractivity (Wildman–Crippen MR) is 173 cm³/mol. The smallest absolute Gasteiger partial charge is 0.274 e. The van der Waals surface area contributed by atoms with Crippen LogP contribution >= 0.6 is 0 Å². The van der Waals surface area contributed by atoms with E-state index >= 15 is 0 Å². The Morgan fingerprint density at radius 2 is 1.87 bits per heavy atom. The molecule has 2 aliphatic heterocycles. The van der Waals surface area contributed by atoms with Crippen LogP contribution < -0.4 is 10.1 Å². The Morgan fingerprint density at radius 1 is 1.02 bits per heavy atom. The molecule has 1 unspecified atom stereocenters. The van der Waals surface area contributed by atoms with Crippen molar-refractivity contribution in [3.05, 3.63) is 113 Å². The zero-order chi connectivity index (χ0) is 32.3. The Bertz CT molecular complexity index is 1880. The monoisotopic (exact) mass is 638 g/mol. The van der Waals surface area contributed by atoms with Crippen molar-refractivity contribution < 1.29 is 23.0 Å². The highest BCUT2D eigenvalue weighted by molar-refractivity contribution is 6.03. The molecule has 0 saturated carbocycles. The highest BCUT2D eigenvalue weighted by atomic mass is 19.1. The fourth-order valence-corrected chi connectivity index (χ4v) is 6.17. The van der Waals surface area contributed by atoms with Gasteiger partial charge < -0.3 is 19.4 Å². The number of pyridine rings is 2. The predicted octanol–water partition coefficient (Wildman–Crippen LogP) is 6.41. The van der Waals surface area contributed by atoms with Gasteiger partial charge in [0.2, 0.25) is 5.88 Å². The molecule has 5 aromatic rings. The van der Waals surface area contributed by atoms with Gasteiger partial charge in [0.15, 0.2) is 0 Å². The Hall–Kier alpha value is -4.74. The highest BCUT2D eigenvalue weighted by Crippen LogP contribution is 2.30. The summed E-state index contributed by atoms with van der Waals surface area (Å²) in [6, 6.07) is 19.2. The van der Waals surface area contributed by atoms with E-state index in [-0.39, 0.29) is 24.2 Å². The maximum absolute atomic E-state index is 14.3. The number of benzene rings is 2. The van der Waals surface area contributed by atoms with Gasteiger partial charge in [-0.15, -0.1) is 0 Å². The first-order valence-corrected chi connectivity index (χ1v) is 16.0. The van der Waals surface area contributed by atoms with E-state index in [4.69, 9.17) is 19.4 Å². The molecule has 0 aliphatic carbocycles. The number of ether oxygens (including phenoxy) is 2. The van der Waals surface area contributed by atoms with Crippen molar-refractivity contribution in [2.45, 2.75) is 57.9 Å². The van der Waals surface area contributed by atoms with Gasteiger partial charge >= 0.3 is 0 Å². The molecule has 2 aromatic carbocycles. The number of anilines is 1. The lowest BCUT2D eigenvalue weighted by atomic mass is 9.93. The lowest BCUT2D eigenvalue weighted by molar-refractivity contribution is -0.0592. The number of likely N-dealkylation sites (tertiary alicyclic amines) is 1. The molecule has 1 atom stereocenters. The summed E-state index contributed by atoms with van der Waals surface area (Å²) in [5.41, 5.74) is 4.86. The number of carbonyl (C=O) groups is 1. The summed E-state index contributed by atoms with van der Waals surface area (Å²) in [4.78, 5) is 28.7. The van der Waals surface area contributed by atoms with E-state index in [1.54, 1.807) is 6.07 Å². The van der Waals surface area contributed by atoms with Crippen LogP contribution in [0.3, 0.4) is 0 Å². The van der Waals surface area contributed by atoms with Gasteiger partial charge in [-0.2, -0.15) is 0 Å². The number of rotatable bonds is 10. The van der Waals surface area contributed by atoms with Crippen molar-refractivity contribution in [1.82, 2.24) is 24.4 Å². The SMILES string of the molecule is Cc1ccc(COc2cccc(C3CCN(Cc4nc5cc(NC(=O)c6ccc(F)cn6)ccc5n4CC4CCO4)CC3)n2)c(F)c1. The molecular formula is C36H36F2N6O3. The van der Waals surface area contributed by atoms with Gasteiger partial charge in [0.1, 0.15) is 29.8 Å². The van der Waals surface area contributed by atoms with Gasteiger partial charge in [0, 0.05) is 35.5 Å². The van der Waals surface area contributed by atoms with E-state index in [0.717, 1.165) is 79.8 Å². The molecule has 0 bridgehead atoms. The summed E-state index contributed by atoms with van der Waals surface area (Å²) >= 11 is 0. The van der Waals surface area contributed by atoms with E-state index in [2.05, 4.69) is 19.8 Å².